The molecule has 138 valence electrons. The lowest BCUT2D eigenvalue weighted by Gasteiger charge is -2.63. The predicted octanol–water partition coefficient (Wildman–Crippen LogP) is 3.67. The van der Waals surface area contributed by atoms with Gasteiger partial charge in [0, 0.05) is 12.0 Å². The van der Waals surface area contributed by atoms with Crippen LogP contribution in [0.4, 0.5) is 0 Å². The summed E-state index contributed by atoms with van der Waals surface area (Å²) in [4.78, 5) is 0. The van der Waals surface area contributed by atoms with Gasteiger partial charge in [0.15, 0.2) is 0 Å². The summed E-state index contributed by atoms with van der Waals surface area (Å²) in [5.41, 5.74) is 1.05. The third kappa shape index (κ3) is 2.50. The quantitative estimate of drug-likeness (QED) is 0.689. The lowest BCUT2D eigenvalue weighted by atomic mass is 9.42. The van der Waals surface area contributed by atoms with Gasteiger partial charge in [-0.15, -0.1) is 0 Å². The fourth-order valence-electron chi connectivity index (χ4n) is 6.85. The number of fused-ring (bicyclic) bond motifs is 3. The normalized spacial score (nSPS) is 48.9. The number of hydrogen-bond donors (Lipinski definition) is 3. The SMILES string of the molecule is CCC1=CCC2C3(C)CCCC(C)(CO)C3CCC2(CO)C(O)C1. The zero-order valence-electron chi connectivity index (χ0n) is 15.7. The number of aliphatic hydroxyl groups is 3. The molecule has 0 aromatic carbocycles. The van der Waals surface area contributed by atoms with Gasteiger partial charge in [-0.05, 0) is 67.6 Å². The minimum Gasteiger partial charge on any atom is -0.396 e. The molecule has 3 aliphatic rings. The van der Waals surface area contributed by atoms with Crippen LogP contribution in [-0.4, -0.2) is 34.6 Å². The topological polar surface area (TPSA) is 60.7 Å². The summed E-state index contributed by atoms with van der Waals surface area (Å²) < 4.78 is 0. The van der Waals surface area contributed by atoms with Crippen LogP contribution < -0.4 is 0 Å². The number of rotatable bonds is 3. The molecule has 24 heavy (non-hydrogen) atoms. The van der Waals surface area contributed by atoms with Crippen LogP contribution in [0.5, 0.6) is 0 Å². The van der Waals surface area contributed by atoms with E-state index in [1.807, 2.05) is 0 Å². The Morgan fingerprint density at radius 3 is 2.46 bits per heavy atom. The van der Waals surface area contributed by atoms with Crippen molar-refractivity contribution < 1.29 is 15.3 Å². The van der Waals surface area contributed by atoms with E-state index < -0.39 is 6.10 Å². The summed E-state index contributed by atoms with van der Waals surface area (Å²) in [6, 6.07) is 0. The molecule has 3 rings (SSSR count). The van der Waals surface area contributed by atoms with Crippen LogP contribution in [-0.2, 0) is 0 Å². The van der Waals surface area contributed by atoms with Crippen LogP contribution in [0, 0.1) is 28.1 Å². The minimum absolute atomic E-state index is 0.0107. The molecule has 0 spiro atoms. The summed E-state index contributed by atoms with van der Waals surface area (Å²) in [6.07, 6.45) is 9.87. The van der Waals surface area contributed by atoms with Crippen molar-refractivity contribution >= 4 is 0 Å². The molecule has 0 aromatic rings. The van der Waals surface area contributed by atoms with Crippen molar-refractivity contribution in [1.29, 1.82) is 0 Å². The predicted molar refractivity (Wildman–Crippen MR) is 96.5 cm³/mol. The summed E-state index contributed by atoms with van der Waals surface area (Å²) >= 11 is 0. The highest BCUT2D eigenvalue weighted by Crippen LogP contribution is 2.66. The summed E-state index contributed by atoms with van der Waals surface area (Å²) in [6.45, 7) is 7.14. The van der Waals surface area contributed by atoms with Crippen LogP contribution >= 0.6 is 0 Å². The molecule has 3 aliphatic carbocycles. The molecule has 0 aliphatic heterocycles. The average molecular weight is 337 g/mol. The Morgan fingerprint density at radius 2 is 1.83 bits per heavy atom. The van der Waals surface area contributed by atoms with E-state index in [9.17, 15) is 15.3 Å². The van der Waals surface area contributed by atoms with E-state index in [0.717, 1.165) is 44.9 Å². The largest absolute Gasteiger partial charge is 0.396 e. The van der Waals surface area contributed by atoms with Crippen LogP contribution in [0.2, 0.25) is 0 Å². The fraction of sp³-hybridized carbons (Fsp3) is 0.905. The van der Waals surface area contributed by atoms with E-state index in [1.54, 1.807) is 0 Å². The van der Waals surface area contributed by atoms with Crippen molar-refractivity contribution in [3.05, 3.63) is 11.6 Å². The molecular formula is C21H36O3. The first-order valence-electron chi connectivity index (χ1n) is 9.94. The molecule has 0 aromatic heterocycles. The second-order valence-corrected chi connectivity index (χ2v) is 9.38. The molecule has 6 atom stereocenters. The van der Waals surface area contributed by atoms with Gasteiger partial charge in [-0.1, -0.05) is 38.8 Å². The molecule has 3 nitrogen and oxygen atoms in total. The molecule has 0 amide bonds. The zero-order chi connectivity index (χ0) is 17.6. The second kappa shape index (κ2) is 6.41. The molecule has 0 bridgehead atoms. The van der Waals surface area contributed by atoms with Crippen LogP contribution in [0.15, 0.2) is 11.6 Å². The van der Waals surface area contributed by atoms with Gasteiger partial charge in [0.05, 0.1) is 12.7 Å². The van der Waals surface area contributed by atoms with Gasteiger partial charge in [0.1, 0.15) is 0 Å². The Kier molecular flexibility index (Phi) is 4.92. The van der Waals surface area contributed by atoms with Crippen LogP contribution in [0.3, 0.4) is 0 Å². The lowest BCUT2D eigenvalue weighted by molar-refractivity contribution is -0.190. The van der Waals surface area contributed by atoms with Crippen molar-refractivity contribution in [2.45, 2.75) is 78.2 Å². The lowest BCUT2D eigenvalue weighted by Crippen LogP contribution is -2.60. The van der Waals surface area contributed by atoms with Crippen LogP contribution in [0.1, 0.15) is 72.1 Å². The number of allylic oxidation sites excluding steroid dienone is 1. The molecule has 2 saturated carbocycles. The summed E-state index contributed by atoms with van der Waals surface area (Å²) in [5.74, 6) is 0.788. The fourth-order valence-corrected chi connectivity index (χ4v) is 6.85. The first-order valence-corrected chi connectivity index (χ1v) is 9.94. The Bertz CT molecular complexity index is 501. The Labute approximate surface area is 147 Å². The van der Waals surface area contributed by atoms with Gasteiger partial charge < -0.3 is 15.3 Å². The third-order valence-corrected chi connectivity index (χ3v) is 8.36. The maximum atomic E-state index is 11.1. The number of hydrogen-bond acceptors (Lipinski definition) is 3. The minimum atomic E-state index is -0.443. The summed E-state index contributed by atoms with van der Waals surface area (Å²) in [7, 11) is 0. The van der Waals surface area contributed by atoms with Crippen molar-refractivity contribution in [3.8, 4) is 0 Å². The van der Waals surface area contributed by atoms with Gasteiger partial charge in [0.2, 0.25) is 0 Å². The molecule has 0 heterocycles. The van der Waals surface area contributed by atoms with Crippen molar-refractivity contribution in [1.82, 2.24) is 0 Å². The highest BCUT2D eigenvalue weighted by molar-refractivity contribution is 5.18. The van der Waals surface area contributed by atoms with E-state index in [0.29, 0.717) is 18.3 Å². The van der Waals surface area contributed by atoms with E-state index in [2.05, 4.69) is 26.8 Å². The Hall–Kier alpha value is -0.380. The van der Waals surface area contributed by atoms with E-state index in [4.69, 9.17) is 0 Å². The smallest absolute Gasteiger partial charge is 0.0658 e. The van der Waals surface area contributed by atoms with Crippen molar-refractivity contribution in [2.75, 3.05) is 13.2 Å². The van der Waals surface area contributed by atoms with Gasteiger partial charge in [-0.2, -0.15) is 0 Å². The first-order chi connectivity index (χ1) is 11.4. The van der Waals surface area contributed by atoms with E-state index >= 15 is 0 Å². The highest BCUT2D eigenvalue weighted by atomic mass is 16.3. The second-order valence-electron chi connectivity index (χ2n) is 9.38. The van der Waals surface area contributed by atoms with Gasteiger partial charge in [-0.25, -0.2) is 0 Å². The molecule has 6 unspecified atom stereocenters. The van der Waals surface area contributed by atoms with Crippen molar-refractivity contribution in [3.63, 3.8) is 0 Å². The van der Waals surface area contributed by atoms with Gasteiger partial charge in [0.25, 0.3) is 0 Å². The maximum absolute atomic E-state index is 11.1. The van der Waals surface area contributed by atoms with E-state index in [1.165, 1.54) is 5.57 Å². The maximum Gasteiger partial charge on any atom is 0.0658 e. The third-order valence-electron chi connectivity index (χ3n) is 8.36. The first kappa shape index (κ1) is 18.4. The summed E-state index contributed by atoms with van der Waals surface area (Å²) in [5, 5.41) is 31.6. The molecule has 0 saturated heterocycles. The van der Waals surface area contributed by atoms with Crippen molar-refractivity contribution in [2.24, 2.45) is 28.1 Å². The van der Waals surface area contributed by atoms with E-state index in [-0.39, 0.29) is 29.5 Å². The average Bonchev–Trinajstić information content (AvgIpc) is 2.72. The molecule has 0 radical (unpaired) electrons. The zero-order valence-corrected chi connectivity index (χ0v) is 15.7. The van der Waals surface area contributed by atoms with Crippen LogP contribution in [0.25, 0.3) is 0 Å². The molecular weight excluding hydrogens is 300 g/mol. The number of aliphatic hydroxyl groups excluding tert-OH is 3. The molecule has 3 N–H and O–H groups in total. The van der Waals surface area contributed by atoms with Gasteiger partial charge >= 0.3 is 0 Å². The standard InChI is InChI=1S/C21H36O3/c1-4-15-6-7-17-20(3)10-5-9-19(2,13-22)16(20)8-11-21(17,14-23)18(24)12-15/h6,16-18,22-24H,4-5,7-14H2,1-3H3. The highest BCUT2D eigenvalue weighted by Gasteiger charge is 2.62. The molecule has 2 fully saturated rings. The molecule has 3 heteroatoms. The van der Waals surface area contributed by atoms with Gasteiger partial charge in [-0.3, -0.25) is 0 Å². The Morgan fingerprint density at radius 1 is 1.08 bits per heavy atom. The Balaban J connectivity index is 2.04. The monoisotopic (exact) mass is 336 g/mol.